The van der Waals surface area contributed by atoms with Crippen LogP contribution < -0.4 is 0 Å². The summed E-state index contributed by atoms with van der Waals surface area (Å²) >= 11 is 0. The van der Waals surface area contributed by atoms with Crippen molar-refractivity contribution in [3.63, 3.8) is 0 Å². The van der Waals surface area contributed by atoms with Gasteiger partial charge in [-0.25, -0.2) is 4.79 Å². The molecule has 0 N–H and O–H groups in total. The van der Waals surface area contributed by atoms with Crippen molar-refractivity contribution in [1.29, 1.82) is 0 Å². The Morgan fingerprint density at radius 2 is 2.00 bits per heavy atom. The third-order valence-electron chi connectivity index (χ3n) is 3.42. The highest BCUT2D eigenvalue weighted by atomic mass is 16.5. The van der Waals surface area contributed by atoms with Gasteiger partial charge < -0.3 is 13.9 Å². The Balaban J connectivity index is 2.08. The van der Waals surface area contributed by atoms with Crippen LogP contribution in [0.5, 0.6) is 0 Å². The second kappa shape index (κ2) is 5.75. The smallest absolute Gasteiger partial charge is 0.373 e. The fourth-order valence-corrected chi connectivity index (χ4v) is 2.50. The topological polar surface area (TPSA) is 51.9 Å². The van der Waals surface area contributed by atoms with E-state index in [1.807, 2.05) is 6.07 Å². The van der Waals surface area contributed by atoms with Gasteiger partial charge in [0.1, 0.15) is 5.76 Å². The van der Waals surface area contributed by atoms with Gasteiger partial charge in [-0.2, -0.15) is 0 Å². The number of methoxy groups -OCH3 is 1. The summed E-state index contributed by atoms with van der Waals surface area (Å²) in [6, 6.07) is 3.61. The summed E-state index contributed by atoms with van der Waals surface area (Å²) in [5.74, 6) is 0.586. The van der Waals surface area contributed by atoms with Gasteiger partial charge in [-0.3, -0.25) is 4.90 Å². The van der Waals surface area contributed by atoms with Crippen LogP contribution in [0.15, 0.2) is 16.5 Å². The first-order chi connectivity index (χ1) is 9.01. The Hall–Kier alpha value is -1.33. The first-order valence-electron chi connectivity index (χ1n) is 6.58. The molecule has 1 aromatic heterocycles. The molecule has 0 aromatic carbocycles. The van der Waals surface area contributed by atoms with Crippen molar-refractivity contribution in [2.45, 2.75) is 39.0 Å². The number of morpholine rings is 1. The SMILES string of the molecule is COC(=O)c1ccc(C(C)N2C[C@@H](C)O[C@@H](C)C2)o1. The minimum atomic E-state index is -0.442. The molecule has 0 amide bonds. The van der Waals surface area contributed by atoms with E-state index in [-0.39, 0.29) is 24.0 Å². The predicted molar refractivity (Wildman–Crippen MR) is 70.0 cm³/mol. The van der Waals surface area contributed by atoms with Crippen molar-refractivity contribution in [3.05, 3.63) is 23.7 Å². The van der Waals surface area contributed by atoms with Crippen LogP contribution >= 0.6 is 0 Å². The van der Waals surface area contributed by atoms with Gasteiger partial charge >= 0.3 is 5.97 Å². The molecule has 0 bridgehead atoms. The lowest BCUT2D eigenvalue weighted by Gasteiger charge is -2.38. The molecule has 1 unspecified atom stereocenters. The van der Waals surface area contributed by atoms with Gasteiger partial charge in [0.25, 0.3) is 0 Å². The first kappa shape index (κ1) is 14.1. The van der Waals surface area contributed by atoms with Crippen molar-refractivity contribution < 1.29 is 18.7 Å². The maximum Gasteiger partial charge on any atom is 0.373 e. The average molecular weight is 267 g/mol. The van der Waals surface area contributed by atoms with E-state index in [2.05, 4.69) is 30.4 Å². The number of esters is 1. The molecule has 3 atom stereocenters. The van der Waals surface area contributed by atoms with Crippen LogP contribution in [-0.2, 0) is 9.47 Å². The third kappa shape index (κ3) is 3.16. The minimum absolute atomic E-state index is 0.118. The predicted octanol–water partition coefficient (Wildman–Crippen LogP) is 2.24. The largest absolute Gasteiger partial charge is 0.463 e. The molecule has 1 fully saturated rings. The quantitative estimate of drug-likeness (QED) is 0.786. The van der Waals surface area contributed by atoms with Crippen molar-refractivity contribution >= 4 is 5.97 Å². The second-order valence-corrected chi connectivity index (χ2v) is 5.08. The maximum atomic E-state index is 11.4. The number of rotatable bonds is 3. The first-order valence-corrected chi connectivity index (χ1v) is 6.58. The number of hydrogen-bond acceptors (Lipinski definition) is 5. The van der Waals surface area contributed by atoms with Crippen LogP contribution in [-0.4, -0.2) is 43.3 Å². The number of carbonyl (C=O) groups excluding carboxylic acids is 1. The summed E-state index contributed by atoms with van der Waals surface area (Å²) in [5, 5.41) is 0. The summed E-state index contributed by atoms with van der Waals surface area (Å²) in [6.07, 6.45) is 0.419. The second-order valence-electron chi connectivity index (χ2n) is 5.08. The van der Waals surface area contributed by atoms with Crippen LogP contribution in [0.3, 0.4) is 0 Å². The summed E-state index contributed by atoms with van der Waals surface area (Å²) in [5.41, 5.74) is 0. The zero-order valence-corrected chi connectivity index (χ0v) is 11.9. The molecule has 1 aliphatic rings. The molecule has 1 aliphatic heterocycles. The molecule has 0 radical (unpaired) electrons. The van der Waals surface area contributed by atoms with E-state index in [0.717, 1.165) is 18.8 Å². The zero-order chi connectivity index (χ0) is 14.0. The van der Waals surface area contributed by atoms with Gasteiger partial charge in [0.2, 0.25) is 5.76 Å². The number of carbonyl (C=O) groups is 1. The summed E-state index contributed by atoms with van der Waals surface area (Å²) in [4.78, 5) is 13.7. The van der Waals surface area contributed by atoms with Crippen LogP contribution in [0.25, 0.3) is 0 Å². The van der Waals surface area contributed by atoms with Crippen LogP contribution in [0.4, 0.5) is 0 Å². The minimum Gasteiger partial charge on any atom is -0.463 e. The van der Waals surface area contributed by atoms with E-state index in [1.54, 1.807) is 6.07 Å². The molecule has 0 aliphatic carbocycles. The maximum absolute atomic E-state index is 11.4. The zero-order valence-electron chi connectivity index (χ0n) is 11.9. The average Bonchev–Trinajstić information content (AvgIpc) is 2.85. The lowest BCUT2D eigenvalue weighted by atomic mass is 10.1. The Bertz CT molecular complexity index is 432. The molecular formula is C14H21NO4. The Morgan fingerprint density at radius 1 is 1.37 bits per heavy atom. The molecule has 0 saturated carbocycles. The van der Waals surface area contributed by atoms with E-state index in [1.165, 1.54) is 7.11 Å². The number of hydrogen-bond donors (Lipinski definition) is 0. The lowest BCUT2D eigenvalue weighted by molar-refractivity contribution is -0.0809. The normalized spacial score (nSPS) is 26.1. The molecule has 1 saturated heterocycles. The van der Waals surface area contributed by atoms with Gasteiger partial charge in [-0.15, -0.1) is 0 Å². The van der Waals surface area contributed by atoms with Gasteiger partial charge in [0, 0.05) is 13.1 Å². The molecule has 5 nitrogen and oxygen atoms in total. The van der Waals surface area contributed by atoms with Gasteiger partial charge in [0.15, 0.2) is 0 Å². The summed E-state index contributed by atoms with van der Waals surface area (Å²) in [6.45, 7) is 7.93. The summed E-state index contributed by atoms with van der Waals surface area (Å²) in [7, 11) is 1.35. The highest BCUT2D eigenvalue weighted by molar-refractivity contribution is 5.86. The Labute approximate surface area is 113 Å². The molecule has 5 heteroatoms. The van der Waals surface area contributed by atoms with E-state index in [4.69, 9.17) is 9.15 Å². The molecule has 2 heterocycles. The van der Waals surface area contributed by atoms with Crippen molar-refractivity contribution in [2.75, 3.05) is 20.2 Å². The number of furan rings is 1. The van der Waals surface area contributed by atoms with Gasteiger partial charge in [-0.1, -0.05) is 0 Å². The van der Waals surface area contributed by atoms with Crippen LogP contribution in [0.2, 0.25) is 0 Å². The fraction of sp³-hybridized carbons (Fsp3) is 0.643. The highest BCUT2D eigenvalue weighted by Gasteiger charge is 2.28. The van der Waals surface area contributed by atoms with E-state index in [0.29, 0.717) is 0 Å². The number of ether oxygens (including phenoxy) is 2. The third-order valence-corrected chi connectivity index (χ3v) is 3.42. The van der Waals surface area contributed by atoms with Crippen molar-refractivity contribution in [1.82, 2.24) is 4.90 Å². The fourth-order valence-electron chi connectivity index (χ4n) is 2.50. The van der Waals surface area contributed by atoms with Crippen molar-refractivity contribution in [3.8, 4) is 0 Å². The molecule has 2 rings (SSSR count). The molecular weight excluding hydrogens is 246 g/mol. The monoisotopic (exact) mass is 267 g/mol. The Morgan fingerprint density at radius 3 is 2.58 bits per heavy atom. The molecule has 1 aromatic rings. The molecule has 106 valence electrons. The lowest BCUT2D eigenvalue weighted by Crippen LogP contribution is -2.46. The van der Waals surface area contributed by atoms with Crippen LogP contribution in [0.1, 0.15) is 43.1 Å². The summed E-state index contributed by atoms with van der Waals surface area (Å²) < 4.78 is 15.9. The van der Waals surface area contributed by atoms with E-state index in [9.17, 15) is 4.79 Å². The van der Waals surface area contributed by atoms with Gasteiger partial charge in [-0.05, 0) is 32.9 Å². The number of nitrogens with zero attached hydrogens (tertiary/aromatic N) is 1. The van der Waals surface area contributed by atoms with E-state index < -0.39 is 5.97 Å². The van der Waals surface area contributed by atoms with E-state index >= 15 is 0 Å². The highest BCUT2D eigenvalue weighted by Crippen LogP contribution is 2.26. The molecule has 19 heavy (non-hydrogen) atoms. The van der Waals surface area contributed by atoms with Crippen LogP contribution in [0, 0.1) is 0 Å². The standard InChI is InChI=1S/C14H21NO4/c1-9-7-15(8-10(2)18-9)11(3)12-5-6-13(19-12)14(16)17-4/h5-6,9-11H,7-8H2,1-4H3/t9-,10+,11?. The van der Waals surface area contributed by atoms with Crippen molar-refractivity contribution in [2.24, 2.45) is 0 Å². The Kier molecular flexibility index (Phi) is 4.27. The molecule has 0 spiro atoms. The van der Waals surface area contributed by atoms with Gasteiger partial charge in [0.05, 0.1) is 25.4 Å².